The van der Waals surface area contributed by atoms with E-state index in [2.05, 4.69) is 6.07 Å². The highest BCUT2D eigenvalue weighted by atomic mass is 35.5. The fraction of sp³-hybridized carbons (Fsp3) is 0.417. The van der Waals surface area contributed by atoms with Crippen molar-refractivity contribution >= 4 is 12.4 Å². The zero-order chi connectivity index (χ0) is 10.8. The van der Waals surface area contributed by atoms with Crippen LogP contribution < -0.4 is 5.73 Å². The number of hydrogen-bond donors (Lipinski definition) is 2. The van der Waals surface area contributed by atoms with Crippen LogP contribution >= 0.6 is 12.4 Å². The van der Waals surface area contributed by atoms with Gasteiger partial charge in [0, 0.05) is 0 Å². The summed E-state index contributed by atoms with van der Waals surface area (Å²) >= 11 is 0. The number of benzene rings is 1. The number of nitrogens with two attached hydrogens (primary N) is 1. The van der Waals surface area contributed by atoms with Gasteiger partial charge in [-0.15, -0.1) is 12.4 Å². The highest BCUT2D eigenvalue weighted by Crippen LogP contribution is 2.37. The molecule has 2 atom stereocenters. The van der Waals surface area contributed by atoms with E-state index in [4.69, 9.17) is 11.0 Å². The van der Waals surface area contributed by atoms with Gasteiger partial charge in [-0.2, -0.15) is 5.26 Å². The standard InChI is InChI=1S/C12H14N2O.ClH/c13-7-9-3-1-2-4-10(9)11(14)12(15)8-5-6-8;/h1-4,8,11-12,15H,5-6,14H2;1H/t11-,12+;/m0./s1. The molecule has 1 aromatic rings. The van der Waals surface area contributed by atoms with Crippen molar-refractivity contribution in [1.29, 1.82) is 5.26 Å². The Labute approximate surface area is 101 Å². The third-order valence-corrected chi connectivity index (χ3v) is 2.91. The van der Waals surface area contributed by atoms with E-state index in [-0.39, 0.29) is 12.4 Å². The van der Waals surface area contributed by atoms with Crippen LogP contribution in [0.3, 0.4) is 0 Å². The van der Waals surface area contributed by atoms with E-state index in [1.165, 1.54) is 0 Å². The van der Waals surface area contributed by atoms with E-state index in [0.717, 1.165) is 18.4 Å². The first-order valence-electron chi connectivity index (χ1n) is 5.16. The minimum Gasteiger partial charge on any atom is -0.391 e. The van der Waals surface area contributed by atoms with Crippen LogP contribution in [0.2, 0.25) is 0 Å². The number of aliphatic hydroxyl groups excluding tert-OH is 1. The number of aliphatic hydroxyl groups is 1. The molecule has 4 heteroatoms. The lowest BCUT2D eigenvalue weighted by atomic mass is 9.95. The maximum Gasteiger partial charge on any atom is 0.0995 e. The number of rotatable bonds is 3. The second-order valence-corrected chi connectivity index (χ2v) is 4.05. The lowest BCUT2D eigenvalue weighted by Crippen LogP contribution is -2.28. The Morgan fingerprint density at radius 3 is 2.56 bits per heavy atom. The molecule has 16 heavy (non-hydrogen) atoms. The predicted molar refractivity (Wildman–Crippen MR) is 64.1 cm³/mol. The van der Waals surface area contributed by atoms with E-state index >= 15 is 0 Å². The van der Waals surface area contributed by atoms with Gasteiger partial charge in [-0.1, -0.05) is 18.2 Å². The molecule has 0 aromatic heterocycles. The first kappa shape index (κ1) is 13.0. The summed E-state index contributed by atoms with van der Waals surface area (Å²) < 4.78 is 0. The van der Waals surface area contributed by atoms with Crippen LogP contribution in [0.1, 0.15) is 30.0 Å². The summed E-state index contributed by atoms with van der Waals surface area (Å²) in [5, 5.41) is 18.8. The van der Waals surface area contributed by atoms with Gasteiger partial charge in [-0.3, -0.25) is 0 Å². The lowest BCUT2D eigenvalue weighted by Gasteiger charge is -2.19. The second kappa shape index (κ2) is 5.31. The quantitative estimate of drug-likeness (QED) is 0.843. The predicted octanol–water partition coefficient (Wildman–Crippen LogP) is 1.75. The Bertz CT molecular complexity index is 398. The lowest BCUT2D eigenvalue weighted by molar-refractivity contribution is 0.122. The molecular formula is C12H15ClN2O. The van der Waals surface area contributed by atoms with Crippen LogP contribution in [0, 0.1) is 17.2 Å². The normalized spacial score (nSPS) is 18.1. The molecule has 1 aliphatic rings. The van der Waals surface area contributed by atoms with Crippen LogP contribution in [0.5, 0.6) is 0 Å². The Morgan fingerprint density at radius 1 is 1.38 bits per heavy atom. The van der Waals surface area contributed by atoms with Gasteiger partial charge in [0.15, 0.2) is 0 Å². The zero-order valence-corrected chi connectivity index (χ0v) is 9.65. The van der Waals surface area contributed by atoms with E-state index in [1.807, 2.05) is 12.1 Å². The van der Waals surface area contributed by atoms with Gasteiger partial charge in [0.1, 0.15) is 0 Å². The Hall–Kier alpha value is -1.08. The fourth-order valence-corrected chi connectivity index (χ4v) is 1.80. The molecule has 0 aliphatic heterocycles. The molecule has 86 valence electrons. The minimum absolute atomic E-state index is 0. The van der Waals surface area contributed by atoms with Crippen LogP contribution in [0.15, 0.2) is 24.3 Å². The first-order valence-corrected chi connectivity index (χ1v) is 5.16. The maximum absolute atomic E-state index is 9.90. The van der Waals surface area contributed by atoms with Gasteiger partial charge in [0.2, 0.25) is 0 Å². The molecule has 0 heterocycles. The third-order valence-electron chi connectivity index (χ3n) is 2.91. The molecule has 3 N–H and O–H groups in total. The van der Waals surface area contributed by atoms with Gasteiger partial charge in [-0.25, -0.2) is 0 Å². The summed E-state index contributed by atoms with van der Waals surface area (Å²) in [4.78, 5) is 0. The SMILES string of the molecule is Cl.N#Cc1ccccc1[C@H](N)[C@H](O)C1CC1. The van der Waals surface area contributed by atoms with Gasteiger partial charge < -0.3 is 10.8 Å². The topological polar surface area (TPSA) is 70.0 Å². The summed E-state index contributed by atoms with van der Waals surface area (Å²) in [6.07, 6.45) is 1.58. The smallest absolute Gasteiger partial charge is 0.0995 e. The van der Waals surface area contributed by atoms with Crippen molar-refractivity contribution in [2.24, 2.45) is 11.7 Å². The third kappa shape index (κ3) is 2.53. The molecule has 0 spiro atoms. The molecule has 1 saturated carbocycles. The first-order chi connectivity index (χ1) is 7.24. The molecule has 0 bridgehead atoms. The molecular weight excluding hydrogens is 224 g/mol. The number of halogens is 1. The average molecular weight is 239 g/mol. The number of hydrogen-bond acceptors (Lipinski definition) is 3. The molecule has 0 amide bonds. The number of nitrogens with zero attached hydrogens (tertiary/aromatic N) is 1. The zero-order valence-electron chi connectivity index (χ0n) is 8.84. The summed E-state index contributed by atoms with van der Waals surface area (Å²) in [6.45, 7) is 0. The highest BCUT2D eigenvalue weighted by molar-refractivity contribution is 5.85. The van der Waals surface area contributed by atoms with Crippen molar-refractivity contribution < 1.29 is 5.11 Å². The number of nitriles is 1. The van der Waals surface area contributed by atoms with Crippen LogP contribution in [0.4, 0.5) is 0 Å². The summed E-state index contributed by atoms with van der Waals surface area (Å²) in [7, 11) is 0. The van der Waals surface area contributed by atoms with E-state index < -0.39 is 12.1 Å². The molecule has 2 rings (SSSR count). The highest BCUT2D eigenvalue weighted by Gasteiger charge is 2.34. The van der Waals surface area contributed by atoms with Crippen molar-refractivity contribution in [2.75, 3.05) is 0 Å². The van der Waals surface area contributed by atoms with Crippen LogP contribution in [-0.2, 0) is 0 Å². The molecule has 0 unspecified atom stereocenters. The van der Waals surface area contributed by atoms with E-state index in [1.54, 1.807) is 12.1 Å². The molecule has 3 nitrogen and oxygen atoms in total. The maximum atomic E-state index is 9.90. The van der Waals surface area contributed by atoms with Gasteiger partial charge in [-0.05, 0) is 30.4 Å². The van der Waals surface area contributed by atoms with Crippen molar-refractivity contribution in [1.82, 2.24) is 0 Å². The summed E-state index contributed by atoms with van der Waals surface area (Å²) in [6, 6.07) is 8.85. The minimum atomic E-state index is -0.514. The van der Waals surface area contributed by atoms with Crippen LogP contribution in [0.25, 0.3) is 0 Å². The Balaban J connectivity index is 0.00000128. The molecule has 0 radical (unpaired) electrons. The summed E-state index contributed by atoms with van der Waals surface area (Å²) in [5.74, 6) is 0.326. The Kier molecular flexibility index (Phi) is 4.31. The average Bonchev–Trinajstić information content (AvgIpc) is 3.11. The van der Waals surface area contributed by atoms with Gasteiger partial charge in [0.05, 0.1) is 23.8 Å². The molecule has 1 aliphatic carbocycles. The van der Waals surface area contributed by atoms with Crippen molar-refractivity contribution in [3.63, 3.8) is 0 Å². The Morgan fingerprint density at radius 2 is 2.00 bits per heavy atom. The van der Waals surface area contributed by atoms with Gasteiger partial charge >= 0.3 is 0 Å². The van der Waals surface area contributed by atoms with Crippen LogP contribution in [-0.4, -0.2) is 11.2 Å². The fourth-order valence-electron chi connectivity index (χ4n) is 1.80. The monoisotopic (exact) mass is 238 g/mol. The largest absolute Gasteiger partial charge is 0.391 e. The van der Waals surface area contributed by atoms with E-state index in [9.17, 15) is 5.11 Å². The molecule has 1 aromatic carbocycles. The summed E-state index contributed by atoms with van der Waals surface area (Å²) in [5.41, 5.74) is 7.26. The second-order valence-electron chi connectivity index (χ2n) is 4.05. The van der Waals surface area contributed by atoms with Gasteiger partial charge in [0.25, 0.3) is 0 Å². The molecule has 1 fully saturated rings. The van der Waals surface area contributed by atoms with E-state index in [0.29, 0.717) is 11.5 Å². The van der Waals surface area contributed by atoms with Crippen molar-refractivity contribution in [2.45, 2.75) is 25.0 Å². The van der Waals surface area contributed by atoms with Crippen molar-refractivity contribution in [3.8, 4) is 6.07 Å². The van der Waals surface area contributed by atoms with Crippen molar-refractivity contribution in [3.05, 3.63) is 35.4 Å². The molecule has 0 saturated heterocycles.